The van der Waals surface area contributed by atoms with Crippen molar-refractivity contribution in [2.24, 2.45) is 0 Å². The molecule has 6 heteroatoms. The summed E-state index contributed by atoms with van der Waals surface area (Å²) >= 11 is 0. The Hall–Kier alpha value is -2.63. The van der Waals surface area contributed by atoms with E-state index >= 15 is 0 Å². The molecule has 1 aromatic heterocycles. The largest absolute Gasteiger partial charge is 0.342 e. The Morgan fingerprint density at radius 3 is 2.84 bits per heavy atom. The Labute approximate surface area is 147 Å². The molecule has 1 saturated heterocycles. The highest BCUT2D eigenvalue weighted by Crippen LogP contribution is 2.31. The zero-order valence-electron chi connectivity index (χ0n) is 14.5. The molecule has 0 atom stereocenters. The van der Waals surface area contributed by atoms with Crippen LogP contribution >= 0.6 is 0 Å². The van der Waals surface area contributed by atoms with Crippen molar-refractivity contribution in [3.63, 3.8) is 0 Å². The Kier molecular flexibility index (Phi) is 5.48. The number of benzene rings is 1. The number of aromatic nitrogens is 1. The summed E-state index contributed by atoms with van der Waals surface area (Å²) in [7, 11) is 0. The summed E-state index contributed by atoms with van der Waals surface area (Å²) in [5.41, 5.74) is 2.46. The van der Waals surface area contributed by atoms with Gasteiger partial charge in [-0.3, -0.25) is 14.9 Å². The number of hydrogen-bond donors (Lipinski definition) is 1. The number of amides is 2. The fraction of sp³-hybridized carbons (Fsp3) is 0.421. The normalized spacial score (nSPS) is 15.1. The van der Waals surface area contributed by atoms with Gasteiger partial charge in [0, 0.05) is 25.9 Å². The van der Waals surface area contributed by atoms with Gasteiger partial charge in [-0.15, -0.1) is 0 Å². The van der Waals surface area contributed by atoms with Crippen LogP contribution in [0.5, 0.6) is 0 Å². The number of carbonyl (C=O) groups is 2. The van der Waals surface area contributed by atoms with Crippen molar-refractivity contribution in [3.8, 4) is 11.1 Å². The molecule has 3 rings (SSSR count). The molecule has 0 saturated carbocycles. The van der Waals surface area contributed by atoms with Gasteiger partial charge in [0.2, 0.25) is 17.7 Å². The molecule has 2 heterocycles. The fourth-order valence-electron chi connectivity index (χ4n) is 3.10. The first-order valence-electron chi connectivity index (χ1n) is 8.74. The SMILES string of the molecule is Cc1noc(NC(=O)CCN2CCCCCC2=O)c1-c1ccccc1. The molecule has 1 aromatic carbocycles. The van der Waals surface area contributed by atoms with Crippen LogP contribution in [0.2, 0.25) is 0 Å². The lowest BCUT2D eigenvalue weighted by molar-refractivity contribution is -0.131. The summed E-state index contributed by atoms with van der Waals surface area (Å²) in [4.78, 5) is 26.1. The lowest BCUT2D eigenvalue weighted by Gasteiger charge is -2.19. The summed E-state index contributed by atoms with van der Waals surface area (Å²) in [6.45, 7) is 3.03. The Morgan fingerprint density at radius 2 is 2.04 bits per heavy atom. The van der Waals surface area contributed by atoms with Crippen LogP contribution in [0, 0.1) is 6.92 Å². The highest BCUT2D eigenvalue weighted by molar-refractivity contribution is 5.94. The van der Waals surface area contributed by atoms with Gasteiger partial charge < -0.3 is 9.42 Å². The second-order valence-corrected chi connectivity index (χ2v) is 6.33. The minimum absolute atomic E-state index is 0.144. The lowest BCUT2D eigenvalue weighted by Crippen LogP contribution is -2.33. The molecule has 0 unspecified atom stereocenters. The number of hydrogen-bond acceptors (Lipinski definition) is 4. The number of anilines is 1. The van der Waals surface area contributed by atoms with Crippen molar-refractivity contribution in [2.45, 2.75) is 39.0 Å². The molecule has 1 N–H and O–H groups in total. The van der Waals surface area contributed by atoms with E-state index in [1.54, 1.807) is 4.90 Å². The van der Waals surface area contributed by atoms with E-state index in [-0.39, 0.29) is 18.2 Å². The molecule has 2 aromatic rings. The Morgan fingerprint density at radius 1 is 1.24 bits per heavy atom. The highest BCUT2D eigenvalue weighted by Gasteiger charge is 2.20. The molecular formula is C19H23N3O3. The van der Waals surface area contributed by atoms with Gasteiger partial charge in [0.15, 0.2) is 0 Å². The third-order valence-electron chi connectivity index (χ3n) is 4.46. The summed E-state index contributed by atoms with van der Waals surface area (Å²) in [6, 6.07) is 9.69. The third kappa shape index (κ3) is 4.26. The molecule has 1 aliphatic heterocycles. The Bertz CT molecular complexity index is 740. The first-order valence-corrected chi connectivity index (χ1v) is 8.74. The van der Waals surface area contributed by atoms with Gasteiger partial charge in [-0.1, -0.05) is 41.9 Å². The zero-order chi connectivity index (χ0) is 17.6. The van der Waals surface area contributed by atoms with E-state index in [4.69, 9.17) is 4.52 Å². The summed E-state index contributed by atoms with van der Waals surface area (Å²) in [5, 5.41) is 6.76. The van der Waals surface area contributed by atoms with E-state index in [1.807, 2.05) is 37.3 Å². The van der Waals surface area contributed by atoms with Gasteiger partial charge in [-0.25, -0.2) is 0 Å². The van der Waals surface area contributed by atoms with Crippen LogP contribution in [-0.4, -0.2) is 35.0 Å². The molecule has 0 radical (unpaired) electrons. The molecular weight excluding hydrogens is 318 g/mol. The molecule has 1 fully saturated rings. The second-order valence-electron chi connectivity index (χ2n) is 6.33. The maximum Gasteiger partial charge on any atom is 0.239 e. The van der Waals surface area contributed by atoms with Crippen LogP contribution in [0.3, 0.4) is 0 Å². The smallest absolute Gasteiger partial charge is 0.239 e. The standard InChI is InChI=1S/C19H23N3O3/c1-14-18(15-8-4-2-5-9-15)19(25-21-14)20-16(23)11-13-22-12-7-3-6-10-17(22)24/h2,4-5,8-9H,3,6-7,10-13H2,1H3,(H,20,23). The minimum atomic E-state index is -0.176. The number of carbonyl (C=O) groups excluding carboxylic acids is 2. The van der Waals surface area contributed by atoms with E-state index in [0.717, 1.165) is 42.6 Å². The van der Waals surface area contributed by atoms with E-state index < -0.39 is 0 Å². The average Bonchev–Trinajstić information content (AvgIpc) is 2.84. The van der Waals surface area contributed by atoms with E-state index in [9.17, 15) is 9.59 Å². The monoisotopic (exact) mass is 341 g/mol. The molecule has 0 spiro atoms. The average molecular weight is 341 g/mol. The predicted molar refractivity (Wildman–Crippen MR) is 95.0 cm³/mol. The molecule has 0 aliphatic carbocycles. The molecule has 6 nitrogen and oxygen atoms in total. The maximum absolute atomic E-state index is 12.3. The summed E-state index contributed by atoms with van der Waals surface area (Å²) in [5.74, 6) is 0.326. The number of rotatable bonds is 5. The van der Waals surface area contributed by atoms with E-state index in [0.29, 0.717) is 18.8 Å². The number of nitrogens with zero attached hydrogens (tertiary/aromatic N) is 2. The van der Waals surface area contributed by atoms with Crippen LogP contribution < -0.4 is 5.32 Å². The maximum atomic E-state index is 12.3. The summed E-state index contributed by atoms with van der Waals surface area (Å²) in [6.07, 6.45) is 3.86. The van der Waals surface area contributed by atoms with Gasteiger partial charge in [0.05, 0.1) is 11.3 Å². The predicted octanol–water partition coefficient (Wildman–Crippen LogP) is 3.38. The van der Waals surface area contributed by atoms with Gasteiger partial charge in [-0.2, -0.15) is 0 Å². The van der Waals surface area contributed by atoms with E-state index in [2.05, 4.69) is 10.5 Å². The van der Waals surface area contributed by atoms with Crippen molar-refractivity contribution < 1.29 is 14.1 Å². The van der Waals surface area contributed by atoms with Crippen LogP contribution in [0.15, 0.2) is 34.9 Å². The number of likely N-dealkylation sites (tertiary alicyclic amines) is 1. The topological polar surface area (TPSA) is 75.4 Å². The van der Waals surface area contributed by atoms with Crippen molar-refractivity contribution >= 4 is 17.7 Å². The quantitative estimate of drug-likeness (QED) is 0.904. The molecule has 2 amide bonds. The van der Waals surface area contributed by atoms with Gasteiger partial charge in [-0.05, 0) is 25.3 Å². The second kappa shape index (κ2) is 7.96. The van der Waals surface area contributed by atoms with Crippen LogP contribution in [0.25, 0.3) is 11.1 Å². The Balaban J connectivity index is 1.63. The fourth-order valence-corrected chi connectivity index (χ4v) is 3.10. The third-order valence-corrected chi connectivity index (χ3v) is 4.46. The number of aryl methyl sites for hydroxylation is 1. The molecule has 1 aliphatic rings. The first kappa shape index (κ1) is 17.2. The lowest BCUT2D eigenvalue weighted by atomic mass is 10.1. The first-order chi connectivity index (χ1) is 12.1. The zero-order valence-corrected chi connectivity index (χ0v) is 14.5. The van der Waals surface area contributed by atoms with Crippen molar-refractivity contribution in [1.29, 1.82) is 0 Å². The van der Waals surface area contributed by atoms with Crippen molar-refractivity contribution in [1.82, 2.24) is 10.1 Å². The summed E-state index contributed by atoms with van der Waals surface area (Å²) < 4.78 is 5.29. The van der Waals surface area contributed by atoms with E-state index in [1.165, 1.54) is 0 Å². The van der Waals surface area contributed by atoms with Crippen LogP contribution in [-0.2, 0) is 9.59 Å². The van der Waals surface area contributed by atoms with Crippen LogP contribution in [0.1, 0.15) is 37.8 Å². The highest BCUT2D eigenvalue weighted by atomic mass is 16.5. The molecule has 0 bridgehead atoms. The van der Waals surface area contributed by atoms with Crippen molar-refractivity contribution in [3.05, 3.63) is 36.0 Å². The van der Waals surface area contributed by atoms with Gasteiger partial charge in [0.1, 0.15) is 0 Å². The molecule has 25 heavy (non-hydrogen) atoms. The van der Waals surface area contributed by atoms with Crippen molar-refractivity contribution in [2.75, 3.05) is 18.4 Å². The van der Waals surface area contributed by atoms with Gasteiger partial charge in [0.25, 0.3) is 0 Å². The van der Waals surface area contributed by atoms with Gasteiger partial charge >= 0.3 is 0 Å². The van der Waals surface area contributed by atoms with Crippen LogP contribution in [0.4, 0.5) is 5.88 Å². The molecule has 132 valence electrons. The minimum Gasteiger partial charge on any atom is -0.342 e. The number of nitrogens with one attached hydrogen (secondary N) is 1.